The molecule has 0 aromatic heterocycles. The quantitative estimate of drug-likeness (QED) is 0.351. The first-order valence-electron chi connectivity index (χ1n) is 14.8. The third-order valence-electron chi connectivity index (χ3n) is 8.23. The summed E-state index contributed by atoms with van der Waals surface area (Å²) in [6, 6.07) is 14.2. The van der Waals surface area contributed by atoms with Crippen molar-refractivity contribution in [2.75, 3.05) is 53.6 Å². The van der Waals surface area contributed by atoms with E-state index in [4.69, 9.17) is 25.8 Å². The van der Waals surface area contributed by atoms with Crippen LogP contribution in [0.1, 0.15) is 49.8 Å². The van der Waals surface area contributed by atoms with Crippen molar-refractivity contribution in [3.05, 3.63) is 58.6 Å². The lowest BCUT2D eigenvalue weighted by molar-refractivity contribution is -0.154. The number of hydrogen-bond acceptors (Lipinski definition) is 6. The summed E-state index contributed by atoms with van der Waals surface area (Å²) in [6.07, 6.45) is 3.47. The number of ether oxygens (including phenoxy) is 3. The van der Waals surface area contributed by atoms with Gasteiger partial charge in [-0.15, -0.1) is 0 Å². The molecule has 1 aliphatic carbocycles. The van der Waals surface area contributed by atoms with Crippen molar-refractivity contribution in [1.29, 1.82) is 0 Å². The van der Waals surface area contributed by atoms with Gasteiger partial charge in [-0.25, -0.2) is 4.79 Å². The SMILES string of the molecule is CCc1cccc(-c2c(Cl)cccc2[C@H](OCCOC(=O)NC)[C@H]2CN(C(=O)C3CCC(CNC)CC3)CCO2)c1. The lowest BCUT2D eigenvalue weighted by Crippen LogP contribution is -2.50. The van der Waals surface area contributed by atoms with Crippen LogP contribution in [0.5, 0.6) is 0 Å². The van der Waals surface area contributed by atoms with Crippen molar-refractivity contribution in [1.82, 2.24) is 15.5 Å². The molecule has 8 nitrogen and oxygen atoms in total. The van der Waals surface area contributed by atoms with E-state index < -0.39 is 18.3 Å². The Morgan fingerprint density at radius 3 is 2.61 bits per heavy atom. The number of rotatable bonds is 11. The second kappa shape index (κ2) is 15.5. The van der Waals surface area contributed by atoms with E-state index in [1.165, 1.54) is 12.6 Å². The molecule has 2 atom stereocenters. The molecule has 4 rings (SSSR count). The molecular weight excluding hydrogens is 542 g/mol. The van der Waals surface area contributed by atoms with Gasteiger partial charge < -0.3 is 29.7 Å². The molecule has 224 valence electrons. The summed E-state index contributed by atoms with van der Waals surface area (Å²) in [6.45, 7) is 4.81. The van der Waals surface area contributed by atoms with E-state index in [2.05, 4.69) is 35.8 Å². The van der Waals surface area contributed by atoms with Gasteiger partial charge in [-0.05, 0) is 74.4 Å². The molecule has 2 N–H and O–H groups in total. The molecule has 2 fully saturated rings. The molecule has 2 aromatic rings. The van der Waals surface area contributed by atoms with Crippen molar-refractivity contribution in [3.63, 3.8) is 0 Å². The van der Waals surface area contributed by atoms with E-state index in [9.17, 15) is 9.59 Å². The molecule has 2 amide bonds. The van der Waals surface area contributed by atoms with E-state index in [0.29, 0.717) is 30.6 Å². The standard InChI is InChI=1S/C32H44ClN3O5/c1-4-22-7-5-8-25(19-22)29-26(9-6-10-27(29)33)30(40-17-18-41-32(38)35-3)28-21-36(15-16-39-28)31(37)24-13-11-23(12-14-24)20-34-2/h5-10,19,23-24,28,30,34H,4,11-18,20-21H2,1-3H3,(H,35,38)/t23?,24?,28-,30+/m1/s1. The smallest absolute Gasteiger partial charge is 0.406 e. The van der Waals surface area contributed by atoms with E-state index >= 15 is 0 Å². The zero-order chi connectivity index (χ0) is 29.2. The molecule has 2 aromatic carbocycles. The van der Waals surface area contributed by atoms with Crippen LogP contribution in [-0.2, 0) is 25.4 Å². The Labute approximate surface area is 249 Å². The highest BCUT2D eigenvalue weighted by atomic mass is 35.5. The van der Waals surface area contributed by atoms with E-state index in [1.807, 2.05) is 36.2 Å². The molecule has 0 radical (unpaired) electrons. The van der Waals surface area contributed by atoms with E-state index in [0.717, 1.165) is 55.3 Å². The van der Waals surface area contributed by atoms with Crippen LogP contribution in [0.15, 0.2) is 42.5 Å². The second-order valence-corrected chi connectivity index (χ2v) is 11.3. The summed E-state index contributed by atoms with van der Waals surface area (Å²) in [4.78, 5) is 27.2. The number of hydrogen-bond donors (Lipinski definition) is 2. The molecule has 0 spiro atoms. The summed E-state index contributed by atoms with van der Waals surface area (Å²) in [5, 5.41) is 6.34. The average molecular weight is 586 g/mol. The number of benzene rings is 2. The van der Waals surface area contributed by atoms with Crippen LogP contribution in [0.3, 0.4) is 0 Å². The highest BCUT2D eigenvalue weighted by Crippen LogP contribution is 2.39. The molecule has 1 saturated carbocycles. The minimum atomic E-state index is -0.524. The first kappa shape index (κ1) is 31.3. The Morgan fingerprint density at radius 1 is 1.10 bits per heavy atom. The number of carbonyl (C=O) groups is 2. The summed E-state index contributed by atoms with van der Waals surface area (Å²) in [7, 11) is 3.50. The fraction of sp³-hybridized carbons (Fsp3) is 0.562. The van der Waals surface area contributed by atoms with Gasteiger partial charge in [0.15, 0.2) is 0 Å². The summed E-state index contributed by atoms with van der Waals surface area (Å²) in [5.41, 5.74) is 3.98. The number of halogens is 1. The summed E-state index contributed by atoms with van der Waals surface area (Å²) >= 11 is 6.84. The van der Waals surface area contributed by atoms with Crippen LogP contribution < -0.4 is 10.6 Å². The van der Waals surface area contributed by atoms with Crippen molar-refractivity contribution in [3.8, 4) is 11.1 Å². The number of morpholine rings is 1. The molecule has 0 bridgehead atoms. The van der Waals surface area contributed by atoms with Crippen molar-refractivity contribution in [2.45, 2.75) is 51.2 Å². The molecule has 1 saturated heterocycles. The molecule has 2 aliphatic rings. The number of amides is 2. The Balaban J connectivity index is 1.57. The normalized spacial score (nSPS) is 21.8. The largest absolute Gasteiger partial charge is 0.447 e. The van der Waals surface area contributed by atoms with Gasteiger partial charge in [0.05, 0.1) is 13.2 Å². The molecule has 0 unspecified atom stereocenters. The minimum absolute atomic E-state index is 0.0562. The number of alkyl carbamates (subject to hydrolysis) is 1. The number of carbonyl (C=O) groups excluding carboxylic acids is 2. The maximum absolute atomic E-state index is 13.6. The maximum atomic E-state index is 13.6. The molecule has 41 heavy (non-hydrogen) atoms. The number of aryl methyl sites for hydroxylation is 1. The molecule has 1 heterocycles. The summed E-state index contributed by atoms with van der Waals surface area (Å²) < 4.78 is 17.9. The van der Waals surface area contributed by atoms with E-state index in [1.54, 1.807) is 0 Å². The average Bonchev–Trinajstić information content (AvgIpc) is 3.01. The first-order chi connectivity index (χ1) is 19.9. The predicted molar refractivity (Wildman–Crippen MR) is 161 cm³/mol. The Kier molecular flexibility index (Phi) is 11.9. The first-order valence-corrected chi connectivity index (χ1v) is 15.2. The fourth-order valence-electron chi connectivity index (χ4n) is 6.03. The zero-order valence-corrected chi connectivity index (χ0v) is 25.3. The van der Waals surface area contributed by atoms with Crippen LogP contribution in [0.2, 0.25) is 5.02 Å². The van der Waals surface area contributed by atoms with Crippen LogP contribution in [0.4, 0.5) is 4.79 Å². The van der Waals surface area contributed by atoms with Gasteiger partial charge in [0.1, 0.15) is 18.8 Å². The second-order valence-electron chi connectivity index (χ2n) is 10.9. The molecule has 9 heteroatoms. The lowest BCUT2D eigenvalue weighted by atomic mass is 9.81. The van der Waals surface area contributed by atoms with Gasteiger partial charge in [-0.1, -0.05) is 54.9 Å². The van der Waals surface area contributed by atoms with Crippen LogP contribution in [-0.4, -0.2) is 76.6 Å². The Bertz CT molecular complexity index is 1150. The zero-order valence-electron chi connectivity index (χ0n) is 24.5. The van der Waals surface area contributed by atoms with Crippen molar-refractivity contribution in [2.24, 2.45) is 11.8 Å². The summed E-state index contributed by atoms with van der Waals surface area (Å²) in [5.74, 6) is 0.911. The van der Waals surface area contributed by atoms with Crippen LogP contribution in [0.25, 0.3) is 11.1 Å². The van der Waals surface area contributed by atoms with Gasteiger partial charge in [0, 0.05) is 36.6 Å². The monoisotopic (exact) mass is 585 g/mol. The van der Waals surface area contributed by atoms with Gasteiger partial charge >= 0.3 is 6.09 Å². The lowest BCUT2D eigenvalue weighted by Gasteiger charge is -2.40. The van der Waals surface area contributed by atoms with Crippen molar-refractivity contribution >= 4 is 23.6 Å². The molecular formula is C32H44ClN3O5. The predicted octanol–water partition coefficient (Wildman–Crippen LogP) is 5.24. The highest BCUT2D eigenvalue weighted by molar-refractivity contribution is 6.33. The number of nitrogens with one attached hydrogen (secondary N) is 2. The Hall–Kier alpha value is -2.65. The van der Waals surface area contributed by atoms with Gasteiger partial charge in [0.25, 0.3) is 0 Å². The minimum Gasteiger partial charge on any atom is -0.447 e. The van der Waals surface area contributed by atoms with Gasteiger partial charge in [0.2, 0.25) is 5.91 Å². The van der Waals surface area contributed by atoms with E-state index in [-0.39, 0.29) is 25.0 Å². The van der Waals surface area contributed by atoms with Gasteiger partial charge in [-0.2, -0.15) is 0 Å². The topological polar surface area (TPSA) is 89.1 Å². The highest BCUT2D eigenvalue weighted by Gasteiger charge is 2.37. The number of nitrogens with zero attached hydrogens (tertiary/aromatic N) is 1. The van der Waals surface area contributed by atoms with Crippen LogP contribution >= 0.6 is 11.6 Å². The van der Waals surface area contributed by atoms with Crippen LogP contribution in [0, 0.1) is 11.8 Å². The third-order valence-corrected chi connectivity index (χ3v) is 8.54. The fourth-order valence-corrected chi connectivity index (χ4v) is 6.32. The maximum Gasteiger partial charge on any atom is 0.406 e. The van der Waals surface area contributed by atoms with Crippen molar-refractivity contribution < 1.29 is 23.8 Å². The van der Waals surface area contributed by atoms with Gasteiger partial charge in [-0.3, -0.25) is 4.79 Å². The Morgan fingerprint density at radius 2 is 1.88 bits per heavy atom. The third kappa shape index (κ3) is 8.22. The molecule has 1 aliphatic heterocycles.